The number of esters is 1. The molecule has 6 heteroatoms. The molecule has 0 unspecified atom stereocenters. The van der Waals surface area contributed by atoms with Gasteiger partial charge in [0, 0.05) is 5.69 Å². The van der Waals surface area contributed by atoms with Crippen molar-refractivity contribution in [2.45, 2.75) is 5.37 Å². The van der Waals surface area contributed by atoms with Crippen molar-refractivity contribution in [3.8, 4) is 5.75 Å². The number of carbonyl (C=O) groups is 2. The topological polar surface area (TPSA) is 55.8 Å². The van der Waals surface area contributed by atoms with Crippen molar-refractivity contribution in [3.63, 3.8) is 0 Å². The van der Waals surface area contributed by atoms with Crippen LogP contribution in [0.15, 0.2) is 48.5 Å². The molecule has 1 heterocycles. The molecule has 0 radical (unpaired) electrons. The molecule has 2 aromatic rings. The Balaban J connectivity index is 1.88. The van der Waals surface area contributed by atoms with E-state index >= 15 is 0 Å². The van der Waals surface area contributed by atoms with Gasteiger partial charge in [-0.3, -0.25) is 9.69 Å². The van der Waals surface area contributed by atoms with E-state index in [2.05, 4.69) is 0 Å². The Labute approximate surface area is 144 Å². The van der Waals surface area contributed by atoms with E-state index in [0.29, 0.717) is 11.3 Å². The van der Waals surface area contributed by atoms with E-state index in [0.717, 1.165) is 17.0 Å². The van der Waals surface area contributed by atoms with E-state index in [4.69, 9.17) is 9.47 Å². The van der Waals surface area contributed by atoms with Crippen LogP contribution in [0.5, 0.6) is 5.75 Å². The van der Waals surface area contributed by atoms with Gasteiger partial charge in [-0.05, 0) is 42.0 Å². The van der Waals surface area contributed by atoms with Gasteiger partial charge in [0.1, 0.15) is 11.1 Å². The van der Waals surface area contributed by atoms with Crippen LogP contribution in [-0.2, 0) is 9.53 Å². The smallest absolute Gasteiger partial charge is 0.337 e. The lowest BCUT2D eigenvalue weighted by molar-refractivity contribution is -0.115. The molecule has 1 amide bonds. The Morgan fingerprint density at radius 2 is 1.75 bits per heavy atom. The van der Waals surface area contributed by atoms with E-state index in [1.54, 1.807) is 48.0 Å². The first-order chi connectivity index (χ1) is 11.6. The highest BCUT2D eigenvalue weighted by Gasteiger charge is 2.34. The molecular formula is C18H17NO4S. The minimum absolute atomic E-state index is 0.0478. The number of hydrogen-bond acceptors (Lipinski definition) is 5. The summed E-state index contributed by atoms with van der Waals surface area (Å²) in [5.74, 6) is 0.860. The summed E-state index contributed by atoms with van der Waals surface area (Å²) in [5, 5.41) is -0.0904. The van der Waals surface area contributed by atoms with Crippen molar-refractivity contribution in [1.29, 1.82) is 0 Å². The van der Waals surface area contributed by atoms with Crippen LogP contribution in [0.2, 0.25) is 0 Å². The van der Waals surface area contributed by atoms with Gasteiger partial charge in [0.25, 0.3) is 0 Å². The molecule has 3 rings (SSSR count). The molecule has 1 aliphatic rings. The first-order valence-electron chi connectivity index (χ1n) is 7.40. The largest absolute Gasteiger partial charge is 0.497 e. The van der Waals surface area contributed by atoms with Crippen LogP contribution in [-0.4, -0.2) is 31.8 Å². The summed E-state index contributed by atoms with van der Waals surface area (Å²) in [7, 11) is 2.97. The number of nitrogens with zero attached hydrogens (tertiary/aromatic N) is 1. The quantitative estimate of drug-likeness (QED) is 0.798. The molecule has 0 aromatic heterocycles. The Morgan fingerprint density at radius 3 is 2.33 bits per heavy atom. The maximum Gasteiger partial charge on any atom is 0.337 e. The third kappa shape index (κ3) is 3.10. The van der Waals surface area contributed by atoms with Gasteiger partial charge in [0.05, 0.1) is 25.5 Å². The van der Waals surface area contributed by atoms with Gasteiger partial charge < -0.3 is 9.47 Å². The van der Waals surface area contributed by atoms with Crippen molar-refractivity contribution in [2.75, 3.05) is 24.9 Å². The molecule has 24 heavy (non-hydrogen) atoms. The van der Waals surface area contributed by atoms with Crippen LogP contribution in [0.1, 0.15) is 21.3 Å². The first kappa shape index (κ1) is 16.4. The average Bonchev–Trinajstić information content (AvgIpc) is 3.02. The van der Waals surface area contributed by atoms with E-state index in [9.17, 15) is 9.59 Å². The van der Waals surface area contributed by atoms with Crippen molar-refractivity contribution < 1.29 is 19.1 Å². The first-order valence-corrected chi connectivity index (χ1v) is 8.45. The molecule has 2 aromatic carbocycles. The van der Waals surface area contributed by atoms with Crippen molar-refractivity contribution >= 4 is 29.3 Å². The van der Waals surface area contributed by atoms with Crippen molar-refractivity contribution in [3.05, 3.63) is 59.7 Å². The van der Waals surface area contributed by atoms with Crippen LogP contribution in [0.25, 0.3) is 0 Å². The number of ether oxygens (including phenoxy) is 2. The number of thioether (sulfide) groups is 1. The highest BCUT2D eigenvalue weighted by molar-refractivity contribution is 8.00. The van der Waals surface area contributed by atoms with Gasteiger partial charge in [0.15, 0.2) is 0 Å². The molecule has 1 fully saturated rings. The Bertz CT molecular complexity index is 743. The van der Waals surface area contributed by atoms with Crippen molar-refractivity contribution in [2.24, 2.45) is 0 Å². The molecule has 0 saturated carbocycles. The number of carbonyl (C=O) groups excluding carboxylic acids is 2. The highest BCUT2D eigenvalue weighted by atomic mass is 32.2. The minimum Gasteiger partial charge on any atom is -0.497 e. The van der Waals surface area contributed by atoms with Gasteiger partial charge >= 0.3 is 5.97 Å². The SMILES string of the molecule is COC(=O)c1ccc(N2C(=O)CS[C@@H]2c2ccc(OC)cc2)cc1. The fraction of sp³-hybridized carbons (Fsp3) is 0.222. The van der Waals surface area contributed by atoms with E-state index in [1.165, 1.54) is 7.11 Å². The Hall–Kier alpha value is -2.47. The number of hydrogen-bond donors (Lipinski definition) is 0. The normalized spacial score (nSPS) is 17.0. The van der Waals surface area contributed by atoms with Crippen molar-refractivity contribution in [1.82, 2.24) is 0 Å². The second-order valence-corrected chi connectivity index (χ2v) is 6.31. The standard InChI is InChI=1S/C18H17NO4S/c1-22-15-9-5-12(6-10-15)17-19(16(20)11-24-17)14-7-3-13(4-8-14)18(21)23-2/h3-10,17H,11H2,1-2H3/t17-/m1/s1. The van der Waals surface area contributed by atoms with Gasteiger partial charge in [-0.25, -0.2) is 4.79 Å². The number of amides is 1. The summed E-state index contributed by atoms with van der Waals surface area (Å²) in [5.41, 5.74) is 2.25. The minimum atomic E-state index is -0.393. The zero-order valence-corrected chi connectivity index (χ0v) is 14.2. The molecule has 1 atom stereocenters. The number of rotatable bonds is 4. The lowest BCUT2D eigenvalue weighted by Crippen LogP contribution is -2.27. The van der Waals surface area contributed by atoms with Gasteiger partial charge in [-0.1, -0.05) is 12.1 Å². The molecular weight excluding hydrogens is 326 g/mol. The summed E-state index contributed by atoms with van der Waals surface area (Å²) in [6.07, 6.45) is 0. The number of benzene rings is 2. The number of methoxy groups -OCH3 is 2. The molecule has 0 spiro atoms. The monoisotopic (exact) mass is 343 g/mol. The fourth-order valence-electron chi connectivity index (χ4n) is 2.59. The maximum absolute atomic E-state index is 12.3. The predicted octanol–water partition coefficient (Wildman–Crippen LogP) is 3.26. The highest BCUT2D eigenvalue weighted by Crippen LogP contribution is 2.42. The van der Waals surface area contributed by atoms with Gasteiger partial charge in [0.2, 0.25) is 5.91 Å². The average molecular weight is 343 g/mol. The van der Waals surface area contributed by atoms with Crippen LogP contribution >= 0.6 is 11.8 Å². The Kier molecular flexibility index (Phi) is 4.76. The molecule has 0 bridgehead atoms. The lowest BCUT2D eigenvalue weighted by Gasteiger charge is -2.24. The summed E-state index contributed by atoms with van der Waals surface area (Å²) >= 11 is 1.58. The van der Waals surface area contributed by atoms with Crippen LogP contribution in [0.4, 0.5) is 5.69 Å². The molecule has 1 saturated heterocycles. The predicted molar refractivity (Wildman–Crippen MR) is 93.5 cm³/mol. The maximum atomic E-state index is 12.3. The molecule has 0 N–H and O–H groups in total. The zero-order chi connectivity index (χ0) is 17.1. The Morgan fingerprint density at radius 1 is 1.08 bits per heavy atom. The van der Waals surface area contributed by atoms with Crippen LogP contribution in [0, 0.1) is 0 Å². The second-order valence-electron chi connectivity index (χ2n) is 5.24. The van der Waals surface area contributed by atoms with Crippen LogP contribution < -0.4 is 9.64 Å². The molecule has 1 aliphatic heterocycles. The third-order valence-electron chi connectivity index (χ3n) is 3.84. The van der Waals surface area contributed by atoms with Gasteiger partial charge in [-0.15, -0.1) is 11.8 Å². The zero-order valence-electron chi connectivity index (χ0n) is 13.4. The van der Waals surface area contributed by atoms with Crippen LogP contribution in [0.3, 0.4) is 0 Å². The van der Waals surface area contributed by atoms with E-state index in [-0.39, 0.29) is 11.3 Å². The summed E-state index contributed by atoms with van der Waals surface area (Å²) in [6, 6.07) is 14.6. The molecule has 0 aliphatic carbocycles. The second kappa shape index (κ2) is 6.97. The number of anilines is 1. The molecule has 124 valence electrons. The lowest BCUT2D eigenvalue weighted by atomic mass is 10.1. The third-order valence-corrected chi connectivity index (χ3v) is 5.05. The summed E-state index contributed by atoms with van der Waals surface area (Å²) < 4.78 is 9.88. The van der Waals surface area contributed by atoms with Gasteiger partial charge in [-0.2, -0.15) is 0 Å². The summed E-state index contributed by atoms with van der Waals surface area (Å²) in [6.45, 7) is 0. The van der Waals surface area contributed by atoms with E-state index in [1.807, 2.05) is 24.3 Å². The summed E-state index contributed by atoms with van der Waals surface area (Å²) in [4.78, 5) is 25.6. The molecule has 5 nitrogen and oxygen atoms in total. The fourth-order valence-corrected chi connectivity index (χ4v) is 3.77. The van der Waals surface area contributed by atoms with E-state index < -0.39 is 5.97 Å².